The fraction of sp³-hybridized carbons (Fsp3) is 0.697. The van der Waals surface area contributed by atoms with Gasteiger partial charge in [-0.2, -0.15) is 0 Å². The van der Waals surface area contributed by atoms with Crippen LogP contribution in [0.25, 0.3) is 0 Å². The number of esters is 1. The maximum absolute atomic E-state index is 14.9. The van der Waals surface area contributed by atoms with Gasteiger partial charge in [-0.1, -0.05) is 40.5 Å². The molecular formula is C66H104N2O15P+. The molecular weight excluding hydrogens is 1090 g/mol. The third-order valence-electron chi connectivity index (χ3n) is 19.0. The van der Waals surface area contributed by atoms with Gasteiger partial charge in [-0.3, -0.25) is 9.59 Å². The Labute approximate surface area is 502 Å². The minimum atomic E-state index is -2.23. The van der Waals surface area contributed by atoms with Gasteiger partial charge >= 0.3 is 5.97 Å². The highest BCUT2D eigenvalue weighted by molar-refractivity contribution is 7.95. The lowest BCUT2D eigenvalue weighted by Gasteiger charge is -2.51. The van der Waals surface area contributed by atoms with Crippen LogP contribution in [0.15, 0.2) is 72.8 Å². The number of hydrogen-bond donors (Lipinski definition) is 5. The number of rotatable bonds is 20. The minimum absolute atomic E-state index is 0.0771. The summed E-state index contributed by atoms with van der Waals surface area (Å²) in [7, 11) is 8.09. The van der Waals surface area contributed by atoms with E-state index < -0.39 is 109 Å². The van der Waals surface area contributed by atoms with Crippen molar-refractivity contribution in [2.75, 3.05) is 55.2 Å². The third kappa shape index (κ3) is 15.6. The molecule has 5 N–H and O–H groups in total. The Kier molecular flexibility index (Phi) is 24.5. The Hall–Kier alpha value is -3.97. The van der Waals surface area contributed by atoms with Crippen molar-refractivity contribution in [3.05, 3.63) is 72.8 Å². The molecule has 1 unspecified atom stereocenters. The maximum atomic E-state index is 14.9. The third-order valence-corrected chi connectivity index (χ3v) is 23.5. The molecule has 1 amide bonds. The molecule has 0 radical (unpaired) electrons. The number of methoxy groups -OCH3 is 4. The molecule has 3 aliphatic heterocycles. The van der Waals surface area contributed by atoms with Crippen LogP contribution in [0.4, 0.5) is 0 Å². The molecule has 18 atom stereocenters. The van der Waals surface area contributed by atoms with Crippen LogP contribution in [-0.4, -0.2) is 186 Å². The number of hydrogen-bond acceptors (Lipinski definition) is 16. The number of carbonyl (C=O) groups excluding carboxylic acids is 2. The largest absolute Gasteiger partial charge is 0.497 e. The van der Waals surface area contributed by atoms with Crippen LogP contribution in [-0.2, 0) is 33.3 Å². The SMILES string of the molecule is CC[C@H]1OC(=O)[C@H](C)[C@@H](C2C[C@@](C)(OC)[C@@H](O)[C@H](C)O2)[C@H](C)[C@@H](O[C@@H]2O[C@H](C)C[C@H](N(C)C)[C@H]2O)[C@](C)(O)C[C@@H](C)CN(C(=O)CCCCCCC[P+](c2ccc(OC)cc2)(c2ccc(OC)cc2)c2ccc(OC)cc2)[C@H](C)[C@@H](O)[C@]1(C)O. The highest BCUT2D eigenvalue weighted by atomic mass is 31.2. The number of amides is 1. The fourth-order valence-electron chi connectivity index (χ4n) is 14.0. The molecule has 3 saturated heterocycles. The van der Waals surface area contributed by atoms with Gasteiger partial charge in [0.15, 0.2) is 6.29 Å². The van der Waals surface area contributed by atoms with E-state index in [0.717, 1.165) is 49.1 Å². The molecule has 0 spiro atoms. The predicted octanol–water partition coefficient (Wildman–Crippen LogP) is 7.43. The van der Waals surface area contributed by atoms with Crippen molar-refractivity contribution in [1.82, 2.24) is 9.80 Å². The summed E-state index contributed by atoms with van der Waals surface area (Å²) in [5, 5.41) is 64.9. The average molecular weight is 1200 g/mol. The predicted molar refractivity (Wildman–Crippen MR) is 329 cm³/mol. The lowest BCUT2D eigenvalue weighted by molar-refractivity contribution is -0.302. The number of unbranched alkanes of at least 4 members (excludes halogenated alkanes) is 4. The first-order chi connectivity index (χ1) is 39.6. The highest BCUT2D eigenvalue weighted by Gasteiger charge is 2.55. The summed E-state index contributed by atoms with van der Waals surface area (Å²) in [5.41, 5.74) is -4.80. The molecule has 0 aromatic heterocycles. The minimum Gasteiger partial charge on any atom is -0.497 e. The zero-order chi connectivity index (χ0) is 62.1. The van der Waals surface area contributed by atoms with E-state index in [2.05, 4.69) is 36.4 Å². The smallest absolute Gasteiger partial charge is 0.309 e. The van der Waals surface area contributed by atoms with E-state index in [1.165, 1.54) is 29.9 Å². The molecule has 84 heavy (non-hydrogen) atoms. The van der Waals surface area contributed by atoms with E-state index in [1.807, 2.05) is 76.2 Å². The number of nitrogens with zero attached hydrogens (tertiary/aromatic N) is 2. The van der Waals surface area contributed by atoms with E-state index >= 15 is 0 Å². The summed E-state index contributed by atoms with van der Waals surface area (Å²) in [6.07, 6.45) is -2.89. The standard InChI is InChI=1S/C66H104N2O15P/c1-17-55-66(10,75)59(71)45(6)68(56(69)23-21-19-18-20-22-36-84(50-30-24-47(76-13)25-31-50,51-32-26-48(77-14)27-33-51)52-34-28-49(78-15)29-35-52)40-41(2)38-64(8,74)61(83-63-58(70)53(67(11)12)37-42(3)80-63)43(4)57(44(5)62(73)82-55)54-39-65(9,79-16)60(72)46(7)81-54/h24-35,41-46,53-55,57-61,63,70-72,74-75H,17-23,36-40H2,1-16H3/q+1/t41-,42-,43+,44-,45-,46+,53+,54?,55-,57+,58-,59-,60+,61-,63+,64-,65-,66-/m1/s1. The molecule has 0 aliphatic carbocycles. The summed E-state index contributed by atoms with van der Waals surface area (Å²) in [6, 6.07) is 24.0. The Morgan fingerprint density at radius 2 is 1.24 bits per heavy atom. The Bertz CT molecular complexity index is 2400. The van der Waals surface area contributed by atoms with E-state index in [4.69, 9.17) is 37.9 Å². The molecule has 18 heteroatoms. The molecule has 3 fully saturated rings. The van der Waals surface area contributed by atoms with E-state index in [-0.39, 0.29) is 50.3 Å². The number of aliphatic hydroxyl groups is 5. The summed E-state index contributed by atoms with van der Waals surface area (Å²) in [6.45, 7) is 17.7. The van der Waals surface area contributed by atoms with Gasteiger partial charge in [0.2, 0.25) is 5.91 Å². The normalized spacial score (nSPS) is 35.0. The zero-order valence-electron chi connectivity index (χ0n) is 53.2. The van der Waals surface area contributed by atoms with Crippen LogP contribution < -0.4 is 30.1 Å². The number of benzene rings is 3. The first kappa shape index (κ1) is 69.1. The highest BCUT2D eigenvalue weighted by Crippen LogP contribution is 2.57. The van der Waals surface area contributed by atoms with Gasteiger partial charge in [-0.25, -0.2) is 0 Å². The molecule has 17 nitrogen and oxygen atoms in total. The van der Waals surface area contributed by atoms with E-state index in [0.29, 0.717) is 12.8 Å². The van der Waals surface area contributed by atoms with Crippen LogP contribution in [0.2, 0.25) is 0 Å². The van der Waals surface area contributed by atoms with Crippen molar-refractivity contribution in [2.24, 2.45) is 23.7 Å². The van der Waals surface area contributed by atoms with Crippen molar-refractivity contribution >= 4 is 35.1 Å². The summed E-state index contributed by atoms with van der Waals surface area (Å²) in [4.78, 5) is 33.3. The Balaban J connectivity index is 1.28. The van der Waals surface area contributed by atoms with Gasteiger partial charge in [0.1, 0.15) is 70.4 Å². The molecule has 3 aliphatic rings. The van der Waals surface area contributed by atoms with Crippen LogP contribution >= 0.6 is 7.26 Å². The van der Waals surface area contributed by atoms with Gasteiger partial charge in [-0.05, 0) is 179 Å². The Morgan fingerprint density at radius 3 is 1.73 bits per heavy atom. The molecule has 3 heterocycles. The van der Waals surface area contributed by atoms with Crippen molar-refractivity contribution in [3.63, 3.8) is 0 Å². The van der Waals surface area contributed by atoms with Crippen LogP contribution in [0, 0.1) is 23.7 Å². The zero-order valence-corrected chi connectivity index (χ0v) is 54.1. The van der Waals surface area contributed by atoms with Crippen molar-refractivity contribution in [2.45, 2.75) is 217 Å². The van der Waals surface area contributed by atoms with Gasteiger partial charge in [0.05, 0.1) is 75.1 Å². The monoisotopic (exact) mass is 1200 g/mol. The van der Waals surface area contributed by atoms with Crippen molar-refractivity contribution in [1.29, 1.82) is 0 Å². The molecule has 0 saturated carbocycles. The van der Waals surface area contributed by atoms with Gasteiger partial charge in [0, 0.05) is 38.5 Å². The lowest BCUT2D eigenvalue weighted by atomic mass is 9.68. The van der Waals surface area contributed by atoms with Gasteiger partial charge in [-0.15, -0.1) is 0 Å². The summed E-state index contributed by atoms with van der Waals surface area (Å²) in [5.74, 6) is -1.44. The fourth-order valence-corrected chi connectivity index (χ4v) is 18.4. The average Bonchev–Trinajstić information content (AvgIpc) is 1.20. The second-order valence-electron chi connectivity index (χ2n) is 25.5. The molecule has 6 rings (SSSR count). The number of ether oxygens (including phenoxy) is 8. The number of carbonyl (C=O) groups is 2. The number of likely N-dealkylation sites (N-methyl/N-ethyl adjacent to an activating group) is 1. The quantitative estimate of drug-likeness (QED) is 0.0422. The van der Waals surface area contributed by atoms with Crippen molar-refractivity contribution in [3.8, 4) is 17.2 Å². The van der Waals surface area contributed by atoms with E-state index in [1.54, 1.807) is 67.8 Å². The first-order valence-corrected chi connectivity index (χ1v) is 32.6. The van der Waals surface area contributed by atoms with Gasteiger partial charge in [0.25, 0.3) is 0 Å². The molecule has 3 aromatic rings. The summed E-state index contributed by atoms with van der Waals surface area (Å²) >= 11 is 0. The first-order valence-electron chi connectivity index (χ1n) is 30.6. The van der Waals surface area contributed by atoms with Gasteiger partial charge < -0.3 is 73.2 Å². The van der Waals surface area contributed by atoms with Crippen LogP contribution in [0.1, 0.15) is 133 Å². The molecule has 472 valence electrons. The number of aliphatic hydroxyl groups excluding tert-OH is 3. The van der Waals surface area contributed by atoms with Crippen LogP contribution in [0.3, 0.4) is 0 Å². The lowest BCUT2D eigenvalue weighted by Crippen LogP contribution is -2.61. The molecule has 3 aromatic carbocycles. The van der Waals surface area contributed by atoms with Crippen molar-refractivity contribution < 1.29 is 73.0 Å². The van der Waals surface area contributed by atoms with E-state index in [9.17, 15) is 35.1 Å². The second-order valence-corrected chi connectivity index (χ2v) is 29.1. The Morgan fingerprint density at radius 1 is 0.726 bits per heavy atom. The molecule has 0 bridgehead atoms. The maximum Gasteiger partial charge on any atom is 0.309 e. The second kappa shape index (κ2) is 29.8. The topological polar surface area (TPSA) is 216 Å². The summed E-state index contributed by atoms with van der Waals surface area (Å²) < 4.78 is 49.0. The van der Waals surface area contributed by atoms with Crippen LogP contribution in [0.5, 0.6) is 17.2 Å². The number of cyclic esters (lactones) is 1.